The molecule has 0 bridgehead atoms. The van der Waals surface area contributed by atoms with Gasteiger partial charge in [-0.2, -0.15) is 0 Å². The molecule has 0 spiro atoms. The quantitative estimate of drug-likeness (QED) is 0.134. The zero-order valence-electron chi connectivity index (χ0n) is 39.5. The average molecular weight is 863 g/mol. The maximum atomic E-state index is 2.49. The Labute approximate surface area is 397 Å². The second-order valence-corrected chi connectivity index (χ2v) is 20.0. The molecule has 10 aromatic carbocycles. The van der Waals surface area contributed by atoms with Crippen LogP contribution in [-0.4, -0.2) is 0 Å². The molecular weight excluding hydrogens is 805 g/mol. The monoisotopic (exact) mass is 862 g/mol. The molecule has 67 heavy (non-hydrogen) atoms. The van der Waals surface area contributed by atoms with Crippen molar-refractivity contribution in [3.05, 3.63) is 251 Å². The molecule has 0 aliphatic heterocycles. The lowest BCUT2D eigenvalue weighted by Crippen LogP contribution is -2.15. The summed E-state index contributed by atoms with van der Waals surface area (Å²) in [7, 11) is 0. The molecule has 0 nitrogen and oxygen atoms in total. The fourth-order valence-electron chi connectivity index (χ4n) is 11.3. The molecule has 2 aliphatic rings. The summed E-state index contributed by atoms with van der Waals surface area (Å²) in [5.74, 6) is 0. The first-order chi connectivity index (χ1) is 32.6. The van der Waals surface area contributed by atoms with E-state index in [4.69, 9.17) is 0 Å². The van der Waals surface area contributed by atoms with E-state index in [9.17, 15) is 0 Å². The van der Waals surface area contributed by atoms with Crippen LogP contribution in [0.25, 0.3) is 77.2 Å². The standard InChI is InChI=1S/C45H38.C22H20/c1-45(2)43-29-31(11-3-4-12-33-15-9-16-34-13-5-7-18-38(33)34)21-27-41(43)42-28-26-37(30-44(42)45)32-22-24-36(25-23-32)40-20-10-17-35-14-6-8-19-39(35)40;1-15-9-11-18-19-12-10-17(16-7-5-4-6-8-16)14-21(19)22(2,3)20(18)13-15/h5-10,13-30H,3-4,11-12H2,1-2H3;4-14H,1-3H3. The molecule has 0 fully saturated rings. The van der Waals surface area contributed by atoms with Gasteiger partial charge in [0.1, 0.15) is 0 Å². The predicted molar refractivity (Wildman–Crippen MR) is 287 cm³/mol. The van der Waals surface area contributed by atoms with E-state index in [1.165, 1.54) is 129 Å². The fraction of sp³-hybridized carbons (Fsp3) is 0.164. The van der Waals surface area contributed by atoms with Crippen molar-refractivity contribution in [3.8, 4) is 55.6 Å². The van der Waals surface area contributed by atoms with Crippen LogP contribution >= 0.6 is 0 Å². The van der Waals surface area contributed by atoms with E-state index in [2.05, 4.69) is 247 Å². The van der Waals surface area contributed by atoms with Crippen LogP contribution in [0.3, 0.4) is 0 Å². The minimum absolute atomic E-state index is 0.0253. The summed E-state index contributed by atoms with van der Waals surface area (Å²) in [4.78, 5) is 0. The zero-order chi connectivity index (χ0) is 45.7. The van der Waals surface area contributed by atoms with Crippen LogP contribution in [0.2, 0.25) is 0 Å². The van der Waals surface area contributed by atoms with Gasteiger partial charge < -0.3 is 0 Å². The maximum Gasteiger partial charge on any atom is 0.0159 e. The highest BCUT2D eigenvalue weighted by molar-refractivity contribution is 5.97. The molecular formula is C67H58. The van der Waals surface area contributed by atoms with E-state index in [1.54, 1.807) is 0 Å². The smallest absolute Gasteiger partial charge is 0.0159 e. The third-order valence-corrected chi connectivity index (χ3v) is 15.0. The molecule has 2 aliphatic carbocycles. The van der Waals surface area contributed by atoms with Crippen molar-refractivity contribution in [1.29, 1.82) is 0 Å². The molecule has 0 heterocycles. The van der Waals surface area contributed by atoms with E-state index in [0.29, 0.717) is 0 Å². The molecule has 0 atom stereocenters. The van der Waals surface area contributed by atoms with Gasteiger partial charge in [0, 0.05) is 10.8 Å². The van der Waals surface area contributed by atoms with Gasteiger partial charge in [-0.15, -0.1) is 0 Å². The highest BCUT2D eigenvalue weighted by Gasteiger charge is 2.37. The summed E-state index contributed by atoms with van der Waals surface area (Å²) in [6, 6.07) is 78.5. The molecule has 0 amide bonds. The largest absolute Gasteiger partial charge is 0.0622 e. The maximum absolute atomic E-state index is 2.49. The van der Waals surface area contributed by atoms with Gasteiger partial charge in [-0.25, -0.2) is 0 Å². The van der Waals surface area contributed by atoms with Crippen LogP contribution in [0, 0.1) is 6.92 Å². The van der Waals surface area contributed by atoms with Crippen molar-refractivity contribution in [2.24, 2.45) is 0 Å². The Balaban J connectivity index is 0.000000187. The summed E-state index contributed by atoms with van der Waals surface area (Å²) in [5.41, 5.74) is 23.3. The zero-order valence-corrected chi connectivity index (χ0v) is 39.5. The van der Waals surface area contributed by atoms with Crippen molar-refractivity contribution in [2.75, 3.05) is 0 Å². The number of benzene rings is 10. The molecule has 10 aromatic rings. The number of fused-ring (bicyclic) bond motifs is 8. The Morgan fingerprint density at radius 1 is 0.313 bits per heavy atom. The fourth-order valence-corrected chi connectivity index (χ4v) is 11.3. The number of unbranched alkanes of at least 4 members (excludes halogenated alkanes) is 1. The third-order valence-electron chi connectivity index (χ3n) is 15.0. The summed E-state index contributed by atoms with van der Waals surface area (Å²) >= 11 is 0. The van der Waals surface area contributed by atoms with Crippen molar-refractivity contribution in [1.82, 2.24) is 0 Å². The van der Waals surface area contributed by atoms with E-state index < -0.39 is 0 Å². The molecule has 326 valence electrons. The van der Waals surface area contributed by atoms with Gasteiger partial charge in [0.25, 0.3) is 0 Å². The van der Waals surface area contributed by atoms with Crippen molar-refractivity contribution < 1.29 is 0 Å². The van der Waals surface area contributed by atoms with Crippen LogP contribution in [-0.2, 0) is 23.7 Å². The van der Waals surface area contributed by atoms with Gasteiger partial charge in [0.05, 0.1) is 0 Å². The topological polar surface area (TPSA) is 0 Å². The van der Waals surface area contributed by atoms with Gasteiger partial charge in [-0.1, -0.05) is 233 Å². The van der Waals surface area contributed by atoms with E-state index in [0.717, 1.165) is 12.8 Å². The van der Waals surface area contributed by atoms with Crippen LogP contribution in [0.4, 0.5) is 0 Å². The Bertz CT molecular complexity index is 3440. The number of aryl methyl sites for hydroxylation is 3. The molecule has 0 saturated heterocycles. The molecule has 0 unspecified atom stereocenters. The second-order valence-electron chi connectivity index (χ2n) is 20.0. The second kappa shape index (κ2) is 17.2. The van der Waals surface area contributed by atoms with Gasteiger partial charge in [0.15, 0.2) is 0 Å². The van der Waals surface area contributed by atoms with E-state index in [1.807, 2.05) is 0 Å². The molecule has 12 rings (SSSR count). The SMILES string of the molecule is CC1(C)c2cc(CCCCc3cccc4ccccc34)ccc2-c2ccc(-c3ccc(-c4cccc5ccccc45)cc3)cc21.Cc1ccc2c(c1)C(C)(C)c1cc(-c3ccccc3)ccc1-2. The Kier molecular flexibility index (Phi) is 10.9. The lowest BCUT2D eigenvalue weighted by Gasteiger charge is -2.22. The summed E-state index contributed by atoms with van der Waals surface area (Å²) < 4.78 is 0. The predicted octanol–water partition coefficient (Wildman–Crippen LogP) is 18.2. The van der Waals surface area contributed by atoms with Crippen LogP contribution in [0.5, 0.6) is 0 Å². The van der Waals surface area contributed by atoms with Gasteiger partial charge in [-0.05, 0) is 155 Å². The van der Waals surface area contributed by atoms with Crippen LogP contribution < -0.4 is 0 Å². The lowest BCUT2D eigenvalue weighted by molar-refractivity contribution is 0.658. The van der Waals surface area contributed by atoms with Crippen LogP contribution in [0.1, 0.15) is 79.5 Å². The number of rotatable bonds is 8. The molecule has 0 aromatic heterocycles. The van der Waals surface area contributed by atoms with Crippen molar-refractivity contribution >= 4 is 21.5 Å². The molecule has 0 N–H and O–H groups in total. The summed E-state index contributed by atoms with van der Waals surface area (Å²) in [6.45, 7) is 11.7. The first kappa shape index (κ1) is 42.4. The lowest BCUT2D eigenvalue weighted by atomic mass is 9.81. The summed E-state index contributed by atoms with van der Waals surface area (Å²) in [6.07, 6.45) is 4.67. The third kappa shape index (κ3) is 7.79. The van der Waals surface area contributed by atoms with Gasteiger partial charge in [-0.3, -0.25) is 0 Å². The summed E-state index contributed by atoms with van der Waals surface area (Å²) in [5, 5.41) is 5.33. The highest BCUT2D eigenvalue weighted by atomic mass is 14.4. The van der Waals surface area contributed by atoms with Crippen LogP contribution in [0.15, 0.2) is 212 Å². The van der Waals surface area contributed by atoms with E-state index >= 15 is 0 Å². The van der Waals surface area contributed by atoms with Gasteiger partial charge in [0.2, 0.25) is 0 Å². The molecule has 0 saturated carbocycles. The normalized spacial score (nSPS) is 13.6. The van der Waals surface area contributed by atoms with Crippen molar-refractivity contribution in [3.63, 3.8) is 0 Å². The Morgan fingerprint density at radius 2 is 0.776 bits per heavy atom. The number of hydrogen-bond acceptors (Lipinski definition) is 0. The van der Waals surface area contributed by atoms with Gasteiger partial charge >= 0.3 is 0 Å². The first-order valence-electron chi connectivity index (χ1n) is 24.3. The number of hydrogen-bond donors (Lipinski definition) is 0. The van der Waals surface area contributed by atoms with Crippen molar-refractivity contribution in [2.45, 2.75) is 71.1 Å². The average Bonchev–Trinajstić information content (AvgIpc) is 3.73. The minimum atomic E-state index is -0.0253. The highest BCUT2D eigenvalue weighted by Crippen LogP contribution is 2.51. The minimum Gasteiger partial charge on any atom is -0.0622 e. The Hall–Kier alpha value is -7.28. The van der Waals surface area contributed by atoms with E-state index in [-0.39, 0.29) is 10.8 Å². The Morgan fingerprint density at radius 3 is 1.45 bits per heavy atom. The first-order valence-corrected chi connectivity index (χ1v) is 24.3. The molecule has 0 heteroatoms. The molecule has 0 radical (unpaired) electrons.